The molecule has 0 aliphatic carbocycles. The van der Waals surface area contributed by atoms with Gasteiger partial charge in [0, 0.05) is 36.7 Å². The molecule has 2 N–H and O–H groups in total. The molecule has 2 aromatic rings. The Morgan fingerprint density at radius 2 is 1.92 bits per heavy atom. The lowest BCUT2D eigenvalue weighted by Gasteiger charge is -2.17. The standard InChI is InChI=1S/C18H19N3O4.ClH/c1-25-17-8-7-13(9-16(17)21(23)24)18(22)20-10-14(15(19)11-20)12-5-3-2-4-6-12;/h2-9,14-15H,10-11,19H2,1H3;1H/t14-,15+;/m0./s1. The Balaban J connectivity index is 0.00000243. The minimum Gasteiger partial charge on any atom is -0.490 e. The van der Waals surface area contributed by atoms with Crippen molar-refractivity contribution in [3.8, 4) is 5.75 Å². The van der Waals surface area contributed by atoms with Gasteiger partial charge in [0.2, 0.25) is 0 Å². The summed E-state index contributed by atoms with van der Waals surface area (Å²) in [6, 6.07) is 13.9. The maximum Gasteiger partial charge on any atom is 0.311 e. The summed E-state index contributed by atoms with van der Waals surface area (Å²) >= 11 is 0. The van der Waals surface area contributed by atoms with Gasteiger partial charge in [-0.05, 0) is 17.7 Å². The van der Waals surface area contributed by atoms with Crippen LogP contribution in [0.5, 0.6) is 5.75 Å². The Morgan fingerprint density at radius 1 is 1.23 bits per heavy atom. The number of carbonyl (C=O) groups excluding carboxylic acids is 1. The summed E-state index contributed by atoms with van der Waals surface area (Å²) in [5.74, 6) is -0.0835. The van der Waals surface area contributed by atoms with Crippen LogP contribution in [-0.4, -0.2) is 42.0 Å². The zero-order chi connectivity index (χ0) is 18.0. The lowest BCUT2D eigenvalue weighted by atomic mass is 9.95. The molecule has 26 heavy (non-hydrogen) atoms. The summed E-state index contributed by atoms with van der Waals surface area (Å²) in [5, 5.41) is 11.1. The lowest BCUT2D eigenvalue weighted by molar-refractivity contribution is -0.385. The van der Waals surface area contributed by atoms with Crippen molar-refractivity contribution in [2.45, 2.75) is 12.0 Å². The van der Waals surface area contributed by atoms with Gasteiger partial charge in [0.05, 0.1) is 12.0 Å². The van der Waals surface area contributed by atoms with Crippen LogP contribution in [0.25, 0.3) is 0 Å². The second-order valence-corrected chi connectivity index (χ2v) is 6.03. The molecule has 1 aliphatic heterocycles. The molecule has 138 valence electrons. The van der Waals surface area contributed by atoms with Crippen molar-refractivity contribution in [1.29, 1.82) is 0 Å². The number of hydrogen-bond acceptors (Lipinski definition) is 5. The second kappa shape index (κ2) is 8.16. The Labute approximate surface area is 157 Å². The Hall–Kier alpha value is -2.64. The molecule has 7 nitrogen and oxygen atoms in total. The largest absolute Gasteiger partial charge is 0.490 e. The monoisotopic (exact) mass is 377 g/mol. The molecule has 1 fully saturated rings. The molecule has 0 radical (unpaired) electrons. The number of methoxy groups -OCH3 is 1. The Bertz CT molecular complexity index is 800. The van der Waals surface area contributed by atoms with E-state index in [4.69, 9.17) is 10.5 Å². The minimum atomic E-state index is -0.557. The Kier molecular flexibility index (Phi) is 6.18. The van der Waals surface area contributed by atoms with E-state index < -0.39 is 4.92 Å². The molecule has 0 unspecified atom stereocenters. The molecule has 2 aromatic carbocycles. The molecule has 0 aromatic heterocycles. The first kappa shape index (κ1) is 19.7. The number of benzene rings is 2. The highest BCUT2D eigenvalue weighted by atomic mass is 35.5. The van der Waals surface area contributed by atoms with Crippen molar-refractivity contribution in [2.75, 3.05) is 20.2 Å². The van der Waals surface area contributed by atoms with Crippen LogP contribution in [0.15, 0.2) is 48.5 Å². The quantitative estimate of drug-likeness (QED) is 0.652. The third-order valence-electron chi connectivity index (χ3n) is 4.50. The van der Waals surface area contributed by atoms with Gasteiger partial charge in [-0.25, -0.2) is 0 Å². The van der Waals surface area contributed by atoms with Gasteiger partial charge in [-0.2, -0.15) is 0 Å². The maximum absolute atomic E-state index is 12.8. The normalized spacial score (nSPS) is 18.9. The van der Waals surface area contributed by atoms with Crippen molar-refractivity contribution in [2.24, 2.45) is 5.73 Å². The highest BCUT2D eigenvalue weighted by Gasteiger charge is 2.34. The van der Waals surface area contributed by atoms with E-state index in [1.54, 1.807) is 4.90 Å². The number of halogens is 1. The van der Waals surface area contributed by atoms with Gasteiger partial charge in [0.15, 0.2) is 5.75 Å². The fraction of sp³-hybridized carbons (Fsp3) is 0.278. The summed E-state index contributed by atoms with van der Waals surface area (Å²) in [5.41, 5.74) is 7.34. The van der Waals surface area contributed by atoms with Crippen LogP contribution < -0.4 is 10.5 Å². The molecule has 3 rings (SSSR count). The number of amides is 1. The third kappa shape index (κ3) is 3.79. The number of nitro benzene ring substituents is 1. The first-order valence-corrected chi connectivity index (χ1v) is 7.93. The molecule has 1 heterocycles. The average Bonchev–Trinajstić information content (AvgIpc) is 3.03. The van der Waals surface area contributed by atoms with Gasteiger partial charge in [0.25, 0.3) is 5.91 Å². The van der Waals surface area contributed by atoms with Gasteiger partial charge in [-0.15, -0.1) is 12.4 Å². The summed E-state index contributed by atoms with van der Waals surface area (Å²) < 4.78 is 4.97. The van der Waals surface area contributed by atoms with E-state index in [9.17, 15) is 14.9 Å². The predicted octanol–water partition coefficient (Wildman–Crippen LogP) is 2.59. The molecule has 1 aliphatic rings. The number of likely N-dealkylation sites (tertiary alicyclic amines) is 1. The van der Waals surface area contributed by atoms with Crippen LogP contribution in [0.2, 0.25) is 0 Å². The van der Waals surface area contributed by atoms with Gasteiger partial charge in [-0.1, -0.05) is 30.3 Å². The fourth-order valence-corrected chi connectivity index (χ4v) is 3.20. The highest BCUT2D eigenvalue weighted by Crippen LogP contribution is 2.30. The van der Waals surface area contributed by atoms with Crippen molar-refractivity contribution in [1.82, 2.24) is 4.90 Å². The second-order valence-electron chi connectivity index (χ2n) is 6.03. The molecular weight excluding hydrogens is 358 g/mol. The van der Waals surface area contributed by atoms with Crippen LogP contribution >= 0.6 is 12.4 Å². The van der Waals surface area contributed by atoms with Crippen molar-refractivity contribution in [3.63, 3.8) is 0 Å². The highest BCUT2D eigenvalue weighted by molar-refractivity contribution is 5.95. The summed E-state index contributed by atoms with van der Waals surface area (Å²) in [7, 11) is 1.35. The van der Waals surface area contributed by atoms with E-state index in [0.29, 0.717) is 13.1 Å². The molecule has 2 atom stereocenters. The molecular formula is C18H20ClN3O4. The van der Waals surface area contributed by atoms with Crippen LogP contribution in [0.1, 0.15) is 21.8 Å². The predicted molar refractivity (Wildman–Crippen MR) is 100.0 cm³/mol. The van der Waals surface area contributed by atoms with E-state index in [-0.39, 0.29) is 47.3 Å². The number of nitro groups is 1. The zero-order valence-electron chi connectivity index (χ0n) is 14.2. The number of hydrogen-bond donors (Lipinski definition) is 1. The SMILES string of the molecule is COc1ccc(C(=O)N2C[C@@H](N)[C@H](c3ccccc3)C2)cc1[N+](=O)[O-].Cl. The van der Waals surface area contributed by atoms with Gasteiger partial charge in [0.1, 0.15) is 0 Å². The van der Waals surface area contributed by atoms with E-state index in [1.165, 1.54) is 25.3 Å². The summed E-state index contributed by atoms with van der Waals surface area (Å²) in [6.45, 7) is 0.905. The summed E-state index contributed by atoms with van der Waals surface area (Å²) in [4.78, 5) is 25.0. The van der Waals surface area contributed by atoms with Crippen LogP contribution in [-0.2, 0) is 0 Å². The van der Waals surface area contributed by atoms with Crippen molar-refractivity contribution in [3.05, 3.63) is 69.8 Å². The molecule has 0 bridgehead atoms. The first-order valence-electron chi connectivity index (χ1n) is 7.93. The van der Waals surface area contributed by atoms with Crippen molar-refractivity contribution < 1.29 is 14.5 Å². The van der Waals surface area contributed by atoms with Crippen LogP contribution in [0, 0.1) is 10.1 Å². The minimum absolute atomic E-state index is 0. The third-order valence-corrected chi connectivity index (χ3v) is 4.50. The average molecular weight is 378 g/mol. The van der Waals surface area contributed by atoms with E-state index in [0.717, 1.165) is 5.56 Å². The zero-order valence-corrected chi connectivity index (χ0v) is 15.0. The number of rotatable bonds is 4. The van der Waals surface area contributed by atoms with Gasteiger partial charge < -0.3 is 15.4 Å². The van der Waals surface area contributed by atoms with Gasteiger partial charge >= 0.3 is 5.69 Å². The molecule has 0 saturated carbocycles. The molecule has 0 spiro atoms. The lowest BCUT2D eigenvalue weighted by Crippen LogP contribution is -2.32. The van der Waals surface area contributed by atoms with E-state index >= 15 is 0 Å². The molecule has 1 saturated heterocycles. The molecule has 8 heteroatoms. The topological polar surface area (TPSA) is 98.7 Å². The molecule has 1 amide bonds. The summed E-state index contributed by atoms with van der Waals surface area (Å²) in [6.07, 6.45) is 0. The fourth-order valence-electron chi connectivity index (χ4n) is 3.20. The number of carbonyl (C=O) groups is 1. The number of ether oxygens (including phenoxy) is 1. The maximum atomic E-state index is 12.8. The Morgan fingerprint density at radius 3 is 2.54 bits per heavy atom. The first-order chi connectivity index (χ1) is 12.0. The number of nitrogens with zero attached hydrogens (tertiary/aromatic N) is 2. The smallest absolute Gasteiger partial charge is 0.311 e. The van der Waals surface area contributed by atoms with Crippen LogP contribution in [0.3, 0.4) is 0 Å². The van der Waals surface area contributed by atoms with Crippen LogP contribution in [0.4, 0.5) is 5.69 Å². The van der Waals surface area contributed by atoms with E-state index in [2.05, 4.69) is 0 Å². The number of nitrogens with two attached hydrogens (primary N) is 1. The van der Waals surface area contributed by atoms with Gasteiger partial charge in [-0.3, -0.25) is 14.9 Å². The van der Waals surface area contributed by atoms with E-state index in [1.807, 2.05) is 30.3 Å². The van der Waals surface area contributed by atoms with Crippen molar-refractivity contribution >= 4 is 24.0 Å².